The molecule has 0 bridgehead atoms. The highest BCUT2D eigenvalue weighted by Crippen LogP contribution is 2.29. The Morgan fingerprint density at radius 1 is 1.16 bits per heavy atom. The van der Waals surface area contributed by atoms with Crippen LogP contribution in [0.2, 0.25) is 0 Å². The van der Waals surface area contributed by atoms with Gasteiger partial charge in [0.25, 0.3) is 5.56 Å². The Labute approximate surface area is 184 Å². The third kappa shape index (κ3) is 4.16. The van der Waals surface area contributed by atoms with E-state index in [0.717, 1.165) is 10.1 Å². The molecule has 2 aromatic heterocycles. The summed E-state index contributed by atoms with van der Waals surface area (Å²) in [4.78, 5) is 43.1. The van der Waals surface area contributed by atoms with Gasteiger partial charge in [-0.2, -0.15) is 0 Å². The van der Waals surface area contributed by atoms with Crippen LogP contribution in [-0.4, -0.2) is 40.9 Å². The highest BCUT2D eigenvalue weighted by atomic mass is 16.5. The molecule has 170 valence electrons. The highest BCUT2D eigenvalue weighted by Gasteiger charge is 2.20. The Balaban J connectivity index is 2.06. The SMILES string of the molecule is CCOc1c(CC)cnc2c1c(=O)n(CC(=O)Nc1ccc(OC)cc1OC)c(=O)n2C. The van der Waals surface area contributed by atoms with Crippen molar-refractivity contribution in [2.75, 3.05) is 26.1 Å². The van der Waals surface area contributed by atoms with Gasteiger partial charge in [0.2, 0.25) is 5.91 Å². The summed E-state index contributed by atoms with van der Waals surface area (Å²) < 4.78 is 18.3. The van der Waals surface area contributed by atoms with Crippen molar-refractivity contribution in [3.63, 3.8) is 0 Å². The molecule has 0 unspecified atom stereocenters. The van der Waals surface area contributed by atoms with Crippen molar-refractivity contribution in [1.82, 2.24) is 14.1 Å². The second-order valence-corrected chi connectivity index (χ2v) is 6.95. The fraction of sp³-hybridized carbons (Fsp3) is 0.364. The first kappa shape index (κ1) is 22.9. The fourth-order valence-corrected chi connectivity index (χ4v) is 3.40. The summed E-state index contributed by atoms with van der Waals surface area (Å²) in [5.74, 6) is 0.755. The molecule has 0 aliphatic rings. The van der Waals surface area contributed by atoms with E-state index in [1.165, 1.54) is 25.8 Å². The van der Waals surface area contributed by atoms with Crippen LogP contribution in [0.5, 0.6) is 17.2 Å². The van der Waals surface area contributed by atoms with Gasteiger partial charge in [0, 0.05) is 24.9 Å². The van der Waals surface area contributed by atoms with Crippen LogP contribution in [0.4, 0.5) is 5.69 Å². The predicted octanol–water partition coefficient (Wildman–Crippen LogP) is 1.71. The third-order valence-corrected chi connectivity index (χ3v) is 5.03. The third-order valence-electron chi connectivity index (χ3n) is 5.03. The lowest BCUT2D eigenvalue weighted by Crippen LogP contribution is -2.42. The molecular weight excluding hydrogens is 416 g/mol. The van der Waals surface area contributed by atoms with Crippen LogP contribution in [0.25, 0.3) is 11.0 Å². The summed E-state index contributed by atoms with van der Waals surface area (Å²) in [6.45, 7) is 3.58. The van der Waals surface area contributed by atoms with Crippen molar-refractivity contribution in [2.24, 2.45) is 7.05 Å². The topological polar surface area (TPSA) is 114 Å². The molecule has 32 heavy (non-hydrogen) atoms. The number of ether oxygens (including phenoxy) is 3. The molecular formula is C22H26N4O6. The molecule has 0 fully saturated rings. The number of nitrogens with one attached hydrogen (secondary N) is 1. The minimum Gasteiger partial charge on any atom is -0.497 e. The van der Waals surface area contributed by atoms with Crippen LogP contribution in [0.3, 0.4) is 0 Å². The first-order valence-electron chi connectivity index (χ1n) is 10.1. The first-order chi connectivity index (χ1) is 15.4. The Morgan fingerprint density at radius 3 is 2.53 bits per heavy atom. The molecule has 2 heterocycles. The second-order valence-electron chi connectivity index (χ2n) is 6.95. The number of methoxy groups -OCH3 is 2. The summed E-state index contributed by atoms with van der Waals surface area (Å²) in [5, 5.41) is 2.84. The van der Waals surface area contributed by atoms with E-state index in [-0.39, 0.29) is 11.0 Å². The van der Waals surface area contributed by atoms with Gasteiger partial charge in [-0.25, -0.2) is 14.3 Å². The van der Waals surface area contributed by atoms with Crippen molar-refractivity contribution >= 4 is 22.6 Å². The molecule has 1 N–H and O–H groups in total. The standard InChI is InChI=1S/C22H26N4O6/c1-6-13-11-23-20-18(19(13)32-7-2)21(28)26(22(29)25(20)3)12-17(27)24-15-9-8-14(30-4)10-16(15)31-5/h8-11H,6-7,12H2,1-5H3,(H,24,27). The molecule has 0 saturated carbocycles. The number of carbonyl (C=O) groups is 1. The smallest absolute Gasteiger partial charge is 0.332 e. The van der Waals surface area contributed by atoms with Gasteiger partial charge in [-0.1, -0.05) is 6.92 Å². The van der Waals surface area contributed by atoms with E-state index in [1.807, 2.05) is 13.8 Å². The lowest BCUT2D eigenvalue weighted by molar-refractivity contribution is -0.116. The quantitative estimate of drug-likeness (QED) is 0.565. The van der Waals surface area contributed by atoms with Gasteiger partial charge in [-0.15, -0.1) is 0 Å². The molecule has 10 heteroatoms. The van der Waals surface area contributed by atoms with Gasteiger partial charge in [0.15, 0.2) is 5.65 Å². The Kier molecular flexibility index (Phi) is 6.82. The van der Waals surface area contributed by atoms with Crippen molar-refractivity contribution in [2.45, 2.75) is 26.8 Å². The maximum atomic E-state index is 13.3. The van der Waals surface area contributed by atoms with Crippen molar-refractivity contribution in [3.8, 4) is 17.2 Å². The summed E-state index contributed by atoms with van der Waals surface area (Å²) >= 11 is 0. The maximum Gasteiger partial charge on any atom is 0.332 e. The maximum absolute atomic E-state index is 13.3. The number of pyridine rings is 1. The molecule has 1 amide bonds. The summed E-state index contributed by atoms with van der Waals surface area (Å²) in [7, 11) is 4.48. The minimum atomic E-state index is -0.654. The number of hydrogen-bond acceptors (Lipinski definition) is 7. The van der Waals surface area contributed by atoms with E-state index in [0.29, 0.717) is 36.0 Å². The number of carbonyl (C=O) groups excluding carboxylic acids is 1. The van der Waals surface area contributed by atoms with Crippen LogP contribution in [0.15, 0.2) is 34.0 Å². The molecule has 3 rings (SSSR count). The Hall–Kier alpha value is -3.82. The number of nitrogens with zero attached hydrogens (tertiary/aromatic N) is 3. The van der Waals surface area contributed by atoms with Crippen LogP contribution in [-0.2, 0) is 24.8 Å². The molecule has 10 nitrogen and oxygen atoms in total. The van der Waals surface area contributed by atoms with Gasteiger partial charge in [-0.3, -0.25) is 14.2 Å². The van der Waals surface area contributed by atoms with Crippen LogP contribution >= 0.6 is 0 Å². The van der Waals surface area contributed by atoms with Crippen molar-refractivity contribution < 1.29 is 19.0 Å². The zero-order chi connectivity index (χ0) is 23.4. The monoisotopic (exact) mass is 442 g/mol. The molecule has 0 atom stereocenters. The van der Waals surface area contributed by atoms with E-state index in [4.69, 9.17) is 14.2 Å². The van der Waals surface area contributed by atoms with Crippen LogP contribution in [0, 0.1) is 0 Å². The summed E-state index contributed by atoms with van der Waals surface area (Å²) in [6.07, 6.45) is 2.19. The van der Waals surface area contributed by atoms with E-state index < -0.39 is 23.7 Å². The average Bonchev–Trinajstić information content (AvgIpc) is 2.80. The fourth-order valence-electron chi connectivity index (χ4n) is 3.40. The largest absolute Gasteiger partial charge is 0.497 e. The van der Waals surface area contributed by atoms with E-state index in [1.54, 1.807) is 24.4 Å². The number of hydrogen-bond donors (Lipinski definition) is 1. The number of benzene rings is 1. The summed E-state index contributed by atoms with van der Waals surface area (Å²) in [6, 6.07) is 4.89. The molecule has 0 saturated heterocycles. The molecule has 3 aromatic rings. The number of anilines is 1. The van der Waals surface area contributed by atoms with E-state index in [2.05, 4.69) is 10.3 Å². The molecule has 0 aliphatic heterocycles. The molecule has 1 aromatic carbocycles. The number of aromatic nitrogens is 3. The van der Waals surface area contributed by atoms with Crippen LogP contribution < -0.4 is 30.8 Å². The zero-order valence-electron chi connectivity index (χ0n) is 18.7. The van der Waals surface area contributed by atoms with Gasteiger partial charge in [0.05, 0.1) is 26.5 Å². The van der Waals surface area contributed by atoms with Crippen molar-refractivity contribution in [3.05, 3.63) is 50.8 Å². The Morgan fingerprint density at radius 2 is 1.91 bits per heavy atom. The van der Waals surface area contributed by atoms with Gasteiger partial charge < -0.3 is 19.5 Å². The highest BCUT2D eigenvalue weighted by molar-refractivity contribution is 5.92. The number of aryl methyl sites for hydroxylation is 2. The van der Waals surface area contributed by atoms with Gasteiger partial charge >= 0.3 is 5.69 Å². The lowest BCUT2D eigenvalue weighted by Gasteiger charge is -2.15. The summed E-state index contributed by atoms with van der Waals surface area (Å²) in [5.41, 5.74) is 0.0434. The van der Waals surface area contributed by atoms with Crippen molar-refractivity contribution in [1.29, 1.82) is 0 Å². The number of fused-ring (bicyclic) bond motifs is 1. The molecule has 0 radical (unpaired) electrons. The predicted molar refractivity (Wildman–Crippen MR) is 120 cm³/mol. The Bertz CT molecular complexity index is 1280. The van der Waals surface area contributed by atoms with Crippen LogP contribution in [0.1, 0.15) is 19.4 Å². The number of amides is 1. The molecule has 0 aliphatic carbocycles. The molecule has 0 spiro atoms. The lowest BCUT2D eigenvalue weighted by atomic mass is 10.1. The average molecular weight is 442 g/mol. The van der Waals surface area contributed by atoms with E-state index >= 15 is 0 Å². The first-order valence-corrected chi connectivity index (χ1v) is 10.1. The minimum absolute atomic E-state index is 0.170. The van der Waals surface area contributed by atoms with Gasteiger partial charge in [0.1, 0.15) is 29.2 Å². The van der Waals surface area contributed by atoms with Gasteiger partial charge in [-0.05, 0) is 25.5 Å². The number of rotatable bonds is 8. The second kappa shape index (κ2) is 9.54. The zero-order valence-corrected chi connectivity index (χ0v) is 18.7. The van der Waals surface area contributed by atoms with E-state index in [9.17, 15) is 14.4 Å². The normalized spacial score (nSPS) is 10.8.